The van der Waals surface area contributed by atoms with Crippen LogP contribution in [0.3, 0.4) is 0 Å². The lowest BCUT2D eigenvalue weighted by atomic mass is 9.74. The van der Waals surface area contributed by atoms with Crippen LogP contribution < -0.4 is 10.2 Å². The molecular weight excluding hydrogens is 345 g/mol. The molecule has 1 fully saturated rings. The monoisotopic (exact) mass is 360 g/mol. The van der Waals surface area contributed by atoms with E-state index in [1.807, 2.05) is 0 Å². The van der Waals surface area contributed by atoms with Gasteiger partial charge in [-0.15, -0.1) is 0 Å². The topological polar surface area (TPSA) is 49.4 Å². The third kappa shape index (κ3) is 2.38. The first-order valence-electron chi connectivity index (χ1n) is 8.20. The van der Waals surface area contributed by atoms with Crippen molar-refractivity contribution in [2.45, 2.75) is 24.4 Å². The second-order valence-electron chi connectivity index (χ2n) is 6.58. The molecule has 1 atom stereocenters. The molecule has 1 N–H and O–H groups in total. The number of hydrogen-bond acceptors (Lipinski definition) is 2. The number of amides is 2. The number of halogens is 3. The second-order valence-corrected chi connectivity index (χ2v) is 6.58. The maximum Gasteiger partial charge on any atom is 0.418 e. The highest BCUT2D eigenvalue weighted by molar-refractivity contribution is 6.09. The number of hydrogen-bond donors (Lipinski definition) is 1. The lowest BCUT2D eigenvalue weighted by Gasteiger charge is -2.39. The molecule has 7 heteroatoms. The number of para-hydroxylation sites is 2. The van der Waals surface area contributed by atoms with Crippen molar-refractivity contribution in [3.8, 4) is 0 Å². The Labute approximate surface area is 147 Å². The number of anilines is 2. The molecule has 2 aliphatic rings. The van der Waals surface area contributed by atoms with Gasteiger partial charge in [-0.1, -0.05) is 30.3 Å². The Balaban J connectivity index is 1.81. The van der Waals surface area contributed by atoms with E-state index in [1.54, 1.807) is 24.3 Å². The van der Waals surface area contributed by atoms with Crippen molar-refractivity contribution in [1.82, 2.24) is 0 Å². The van der Waals surface area contributed by atoms with Crippen LogP contribution in [0.1, 0.15) is 24.0 Å². The standard InChI is InChI=1S/C19H15F3N2O2/c20-19(21,22)13-6-2-4-8-15(13)24-11-18(10-9-16(24)25)12-5-1-3-7-14(12)23-17(18)26/h1-8H,9-11H2,(H,23,26). The van der Waals surface area contributed by atoms with Gasteiger partial charge in [-0.2, -0.15) is 13.2 Å². The first-order valence-corrected chi connectivity index (χ1v) is 8.20. The average Bonchev–Trinajstić information content (AvgIpc) is 2.88. The molecule has 4 nitrogen and oxygen atoms in total. The molecule has 2 aromatic rings. The number of carbonyl (C=O) groups is 2. The smallest absolute Gasteiger partial charge is 0.325 e. The molecule has 2 aliphatic heterocycles. The van der Waals surface area contributed by atoms with E-state index < -0.39 is 23.1 Å². The Morgan fingerprint density at radius 3 is 2.46 bits per heavy atom. The number of nitrogens with zero attached hydrogens (tertiary/aromatic N) is 1. The Hall–Kier alpha value is -2.83. The SMILES string of the molecule is O=C1CCC2(CN1c1ccccc1C(F)(F)F)C(=O)Nc1ccccc12. The number of rotatable bonds is 1. The van der Waals surface area contributed by atoms with Crippen LogP contribution in [0.5, 0.6) is 0 Å². The van der Waals surface area contributed by atoms with Crippen molar-refractivity contribution in [1.29, 1.82) is 0 Å². The van der Waals surface area contributed by atoms with Gasteiger partial charge in [0.1, 0.15) is 0 Å². The van der Waals surface area contributed by atoms with E-state index in [-0.39, 0.29) is 31.0 Å². The van der Waals surface area contributed by atoms with Crippen LogP contribution >= 0.6 is 0 Å². The van der Waals surface area contributed by atoms with E-state index in [9.17, 15) is 22.8 Å². The van der Waals surface area contributed by atoms with Crippen LogP contribution in [0, 0.1) is 0 Å². The minimum Gasteiger partial charge on any atom is -0.325 e. The lowest BCUT2D eigenvalue weighted by molar-refractivity contribution is -0.137. The zero-order valence-electron chi connectivity index (χ0n) is 13.6. The summed E-state index contributed by atoms with van der Waals surface area (Å²) in [6.07, 6.45) is -4.30. The summed E-state index contributed by atoms with van der Waals surface area (Å²) in [6.45, 7) is -0.109. The molecule has 0 aliphatic carbocycles. The molecule has 4 rings (SSSR count). The maximum absolute atomic E-state index is 13.4. The second kappa shape index (κ2) is 5.59. The molecule has 0 aromatic heterocycles. The fraction of sp³-hybridized carbons (Fsp3) is 0.263. The Morgan fingerprint density at radius 1 is 1.00 bits per heavy atom. The van der Waals surface area contributed by atoms with Gasteiger partial charge in [0, 0.05) is 18.7 Å². The summed E-state index contributed by atoms with van der Waals surface area (Å²) in [5.41, 5.74) is -0.732. The predicted octanol–water partition coefficient (Wildman–Crippen LogP) is 3.72. The summed E-state index contributed by atoms with van der Waals surface area (Å²) in [5, 5.41) is 2.79. The summed E-state index contributed by atoms with van der Waals surface area (Å²) >= 11 is 0. The largest absolute Gasteiger partial charge is 0.418 e. The molecule has 1 spiro atoms. The molecule has 0 saturated carbocycles. The fourth-order valence-electron chi connectivity index (χ4n) is 3.84. The summed E-state index contributed by atoms with van der Waals surface area (Å²) in [6, 6.07) is 12.1. The van der Waals surface area contributed by atoms with E-state index in [0.717, 1.165) is 16.5 Å². The molecule has 1 saturated heterocycles. The van der Waals surface area contributed by atoms with Gasteiger partial charge >= 0.3 is 6.18 Å². The number of fused-ring (bicyclic) bond motifs is 2. The van der Waals surface area contributed by atoms with E-state index in [4.69, 9.17) is 0 Å². The van der Waals surface area contributed by atoms with Gasteiger partial charge in [-0.3, -0.25) is 9.59 Å². The molecular formula is C19H15F3N2O2. The third-order valence-corrected chi connectivity index (χ3v) is 5.12. The predicted molar refractivity (Wildman–Crippen MR) is 89.8 cm³/mol. The number of benzene rings is 2. The normalized spacial score (nSPS) is 22.5. The molecule has 0 radical (unpaired) electrons. The zero-order valence-corrected chi connectivity index (χ0v) is 13.6. The molecule has 0 bridgehead atoms. The van der Waals surface area contributed by atoms with Crippen LogP contribution in [0.15, 0.2) is 48.5 Å². The Kier molecular flexibility index (Phi) is 3.57. The average molecular weight is 360 g/mol. The van der Waals surface area contributed by atoms with Crippen LogP contribution in [-0.2, 0) is 21.2 Å². The molecule has 2 amide bonds. The Morgan fingerprint density at radius 2 is 1.69 bits per heavy atom. The number of carbonyl (C=O) groups excluding carboxylic acids is 2. The molecule has 2 heterocycles. The lowest BCUT2D eigenvalue weighted by Crippen LogP contribution is -2.53. The van der Waals surface area contributed by atoms with Gasteiger partial charge in [0.15, 0.2) is 0 Å². The quantitative estimate of drug-likeness (QED) is 0.843. The number of piperidine rings is 1. The van der Waals surface area contributed by atoms with Crippen molar-refractivity contribution in [2.75, 3.05) is 16.8 Å². The summed E-state index contributed by atoms with van der Waals surface area (Å²) in [4.78, 5) is 26.3. The van der Waals surface area contributed by atoms with Gasteiger partial charge in [-0.25, -0.2) is 0 Å². The highest BCUT2D eigenvalue weighted by atomic mass is 19.4. The van der Waals surface area contributed by atoms with Crippen LogP contribution in [-0.4, -0.2) is 18.4 Å². The summed E-state index contributed by atoms with van der Waals surface area (Å²) in [7, 11) is 0. The van der Waals surface area contributed by atoms with E-state index in [1.165, 1.54) is 18.2 Å². The van der Waals surface area contributed by atoms with Gasteiger partial charge in [0.2, 0.25) is 11.8 Å². The Bertz CT molecular complexity index is 910. The van der Waals surface area contributed by atoms with Crippen LogP contribution in [0.4, 0.5) is 24.5 Å². The molecule has 2 aromatic carbocycles. The van der Waals surface area contributed by atoms with Crippen molar-refractivity contribution >= 4 is 23.2 Å². The van der Waals surface area contributed by atoms with Crippen molar-refractivity contribution in [3.05, 3.63) is 59.7 Å². The first-order chi connectivity index (χ1) is 12.3. The first kappa shape index (κ1) is 16.6. The highest BCUT2D eigenvalue weighted by Crippen LogP contribution is 2.46. The number of nitrogens with one attached hydrogen (secondary N) is 1. The van der Waals surface area contributed by atoms with E-state index >= 15 is 0 Å². The van der Waals surface area contributed by atoms with Crippen LogP contribution in [0.25, 0.3) is 0 Å². The third-order valence-electron chi connectivity index (χ3n) is 5.12. The zero-order chi connectivity index (χ0) is 18.5. The molecule has 1 unspecified atom stereocenters. The van der Waals surface area contributed by atoms with Gasteiger partial charge in [0.05, 0.1) is 16.7 Å². The summed E-state index contributed by atoms with van der Waals surface area (Å²) < 4.78 is 40.2. The number of alkyl halides is 3. The van der Waals surface area contributed by atoms with Crippen molar-refractivity contribution in [2.24, 2.45) is 0 Å². The van der Waals surface area contributed by atoms with Crippen molar-refractivity contribution in [3.63, 3.8) is 0 Å². The van der Waals surface area contributed by atoms with Gasteiger partial charge in [-0.05, 0) is 30.2 Å². The van der Waals surface area contributed by atoms with Crippen LogP contribution in [0.2, 0.25) is 0 Å². The van der Waals surface area contributed by atoms with E-state index in [0.29, 0.717) is 5.69 Å². The van der Waals surface area contributed by atoms with Gasteiger partial charge in [0.25, 0.3) is 0 Å². The highest BCUT2D eigenvalue weighted by Gasteiger charge is 2.52. The van der Waals surface area contributed by atoms with E-state index in [2.05, 4.69) is 5.32 Å². The molecule has 26 heavy (non-hydrogen) atoms. The molecule has 134 valence electrons. The minimum absolute atomic E-state index is 0.00788. The minimum atomic E-state index is -4.59. The maximum atomic E-state index is 13.4. The fourth-order valence-corrected chi connectivity index (χ4v) is 3.84. The van der Waals surface area contributed by atoms with Crippen molar-refractivity contribution < 1.29 is 22.8 Å². The van der Waals surface area contributed by atoms with Gasteiger partial charge < -0.3 is 10.2 Å². The summed E-state index contributed by atoms with van der Waals surface area (Å²) in [5.74, 6) is -0.690.